The van der Waals surface area contributed by atoms with Gasteiger partial charge in [-0.05, 0) is 68.1 Å². The molecular formula is C17H18N2O2S2. The van der Waals surface area contributed by atoms with Crippen LogP contribution in [-0.2, 0) is 10.0 Å². The van der Waals surface area contributed by atoms with Crippen molar-refractivity contribution in [1.82, 2.24) is 4.98 Å². The maximum atomic E-state index is 12.5. The van der Waals surface area contributed by atoms with Crippen molar-refractivity contribution in [3.05, 3.63) is 52.6 Å². The molecule has 0 spiro atoms. The van der Waals surface area contributed by atoms with Crippen molar-refractivity contribution in [3.8, 4) is 0 Å². The van der Waals surface area contributed by atoms with E-state index in [-0.39, 0.29) is 4.90 Å². The van der Waals surface area contributed by atoms with Crippen LogP contribution in [0.2, 0.25) is 0 Å². The highest BCUT2D eigenvalue weighted by molar-refractivity contribution is 7.93. The Balaban J connectivity index is 2.00. The van der Waals surface area contributed by atoms with Gasteiger partial charge in [-0.1, -0.05) is 23.5 Å². The summed E-state index contributed by atoms with van der Waals surface area (Å²) in [5, 5.41) is 0.395. The zero-order chi connectivity index (χ0) is 16.8. The van der Waals surface area contributed by atoms with E-state index in [0.29, 0.717) is 5.13 Å². The first-order valence-electron chi connectivity index (χ1n) is 7.24. The molecule has 0 radical (unpaired) electrons. The van der Waals surface area contributed by atoms with Crippen molar-refractivity contribution in [2.75, 3.05) is 4.72 Å². The SMILES string of the molecule is Cc1cc(C)c2nc(NS(=O)(=O)c3ccc(C)c(C)c3)sc2c1. The van der Waals surface area contributed by atoms with E-state index in [0.717, 1.165) is 32.5 Å². The number of nitrogens with one attached hydrogen (secondary N) is 1. The molecule has 3 aromatic rings. The molecule has 0 amide bonds. The van der Waals surface area contributed by atoms with E-state index in [1.807, 2.05) is 45.9 Å². The molecule has 2 aromatic carbocycles. The fraction of sp³-hybridized carbons (Fsp3) is 0.235. The number of hydrogen-bond donors (Lipinski definition) is 1. The fourth-order valence-electron chi connectivity index (χ4n) is 2.47. The van der Waals surface area contributed by atoms with E-state index in [1.165, 1.54) is 11.3 Å². The second-order valence-corrected chi connectivity index (χ2v) is 8.51. The van der Waals surface area contributed by atoms with Gasteiger partial charge < -0.3 is 0 Å². The third kappa shape index (κ3) is 3.09. The van der Waals surface area contributed by atoms with Crippen LogP contribution in [0.5, 0.6) is 0 Å². The summed E-state index contributed by atoms with van der Waals surface area (Å²) in [6, 6.07) is 9.18. The summed E-state index contributed by atoms with van der Waals surface area (Å²) >= 11 is 1.35. The van der Waals surface area contributed by atoms with E-state index >= 15 is 0 Å². The molecule has 1 heterocycles. The smallest absolute Gasteiger partial charge is 0.255 e. The normalized spacial score (nSPS) is 11.8. The minimum absolute atomic E-state index is 0.257. The van der Waals surface area contributed by atoms with Crippen LogP contribution in [-0.4, -0.2) is 13.4 Å². The molecule has 0 fully saturated rings. The van der Waals surface area contributed by atoms with Gasteiger partial charge in [0.25, 0.3) is 10.0 Å². The number of fused-ring (bicyclic) bond motifs is 1. The predicted molar refractivity (Wildman–Crippen MR) is 95.8 cm³/mol. The van der Waals surface area contributed by atoms with Gasteiger partial charge in [0, 0.05) is 0 Å². The predicted octanol–water partition coefficient (Wildman–Crippen LogP) is 4.33. The van der Waals surface area contributed by atoms with Crippen LogP contribution in [0.1, 0.15) is 22.3 Å². The molecular weight excluding hydrogens is 328 g/mol. The zero-order valence-electron chi connectivity index (χ0n) is 13.5. The average molecular weight is 346 g/mol. The Morgan fingerprint density at radius 1 is 0.957 bits per heavy atom. The highest BCUT2D eigenvalue weighted by Gasteiger charge is 2.17. The van der Waals surface area contributed by atoms with Gasteiger partial charge in [0.15, 0.2) is 5.13 Å². The maximum absolute atomic E-state index is 12.5. The van der Waals surface area contributed by atoms with Crippen molar-refractivity contribution in [1.29, 1.82) is 0 Å². The lowest BCUT2D eigenvalue weighted by atomic mass is 10.1. The zero-order valence-corrected chi connectivity index (χ0v) is 15.1. The van der Waals surface area contributed by atoms with Crippen LogP contribution < -0.4 is 4.72 Å². The molecule has 0 aliphatic rings. The Labute approximate surface area is 140 Å². The van der Waals surface area contributed by atoms with Crippen LogP contribution in [0, 0.1) is 27.7 Å². The number of aryl methyl sites for hydroxylation is 4. The third-order valence-electron chi connectivity index (χ3n) is 3.84. The first-order valence-corrected chi connectivity index (χ1v) is 9.54. The number of benzene rings is 2. The molecule has 0 aliphatic heterocycles. The number of sulfonamides is 1. The summed E-state index contributed by atoms with van der Waals surface area (Å²) in [6.07, 6.45) is 0. The van der Waals surface area contributed by atoms with Gasteiger partial charge in [0.05, 0.1) is 15.1 Å². The Morgan fingerprint density at radius 2 is 1.70 bits per heavy atom. The third-order valence-corrected chi connectivity index (χ3v) is 6.22. The van der Waals surface area contributed by atoms with Crippen LogP contribution in [0.4, 0.5) is 5.13 Å². The van der Waals surface area contributed by atoms with Crippen LogP contribution >= 0.6 is 11.3 Å². The number of hydrogen-bond acceptors (Lipinski definition) is 4. The lowest BCUT2D eigenvalue weighted by molar-refractivity contribution is 0.601. The van der Waals surface area contributed by atoms with Gasteiger partial charge in [-0.25, -0.2) is 13.4 Å². The summed E-state index contributed by atoms with van der Waals surface area (Å²) in [7, 11) is -3.63. The molecule has 0 saturated carbocycles. The largest absolute Gasteiger partial charge is 0.263 e. The van der Waals surface area contributed by atoms with Crippen molar-refractivity contribution in [2.24, 2.45) is 0 Å². The van der Waals surface area contributed by atoms with Gasteiger partial charge in [-0.3, -0.25) is 4.72 Å². The number of rotatable bonds is 3. The molecule has 1 N–H and O–H groups in total. The van der Waals surface area contributed by atoms with E-state index in [9.17, 15) is 8.42 Å². The van der Waals surface area contributed by atoms with Gasteiger partial charge in [0.2, 0.25) is 0 Å². The summed E-state index contributed by atoms with van der Waals surface area (Å²) in [6.45, 7) is 7.86. The van der Waals surface area contributed by atoms with Crippen molar-refractivity contribution >= 4 is 36.7 Å². The molecule has 0 bridgehead atoms. The number of thiazole rings is 1. The average Bonchev–Trinajstić information content (AvgIpc) is 2.83. The standard InChI is InChI=1S/C17H18N2O2S2/c1-10-7-13(4)16-15(8-10)22-17(18-16)19-23(20,21)14-6-5-11(2)12(3)9-14/h5-9H,1-4H3,(H,18,19). The maximum Gasteiger partial charge on any atom is 0.263 e. The first kappa shape index (κ1) is 16.0. The Bertz CT molecular complexity index is 1000. The lowest BCUT2D eigenvalue weighted by Gasteiger charge is -2.07. The highest BCUT2D eigenvalue weighted by atomic mass is 32.2. The second kappa shape index (κ2) is 5.62. The monoisotopic (exact) mass is 346 g/mol. The van der Waals surface area contributed by atoms with Crippen molar-refractivity contribution in [3.63, 3.8) is 0 Å². The topological polar surface area (TPSA) is 59.1 Å². The quantitative estimate of drug-likeness (QED) is 0.768. The summed E-state index contributed by atoms with van der Waals surface area (Å²) < 4.78 is 28.7. The highest BCUT2D eigenvalue weighted by Crippen LogP contribution is 2.30. The number of anilines is 1. The molecule has 1 aromatic heterocycles. The van der Waals surface area contributed by atoms with Gasteiger partial charge in [0.1, 0.15) is 0 Å². The molecule has 0 saturated heterocycles. The Morgan fingerprint density at radius 3 is 2.39 bits per heavy atom. The van der Waals surface area contributed by atoms with Crippen LogP contribution in [0.15, 0.2) is 35.2 Å². The summed E-state index contributed by atoms with van der Waals surface area (Å²) in [4.78, 5) is 4.69. The molecule has 0 unspecified atom stereocenters. The van der Waals surface area contributed by atoms with Crippen LogP contribution in [0.3, 0.4) is 0 Å². The summed E-state index contributed by atoms with van der Waals surface area (Å²) in [5.74, 6) is 0. The lowest BCUT2D eigenvalue weighted by Crippen LogP contribution is -2.13. The van der Waals surface area contributed by atoms with Crippen LogP contribution in [0.25, 0.3) is 10.2 Å². The van der Waals surface area contributed by atoms with E-state index < -0.39 is 10.0 Å². The second-order valence-electron chi connectivity index (χ2n) is 5.80. The minimum atomic E-state index is -3.63. The molecule has 6 heteroatoms. The van der Waals surface area contributed by atoms with Gasteiger partial charge in [-0.2, -0.15) is 0 Å². The first-order chi connectivity index (χ1) is 10.8. The number of aromatic nitrogens is 1. The molecule has 0 atom stereocenters. The molecule has 23 heavy (non-hydrogen) atoms. The van der Waals surface area contributed by atoms with Gasteiger partial charge in [-0.15, -0.1) is 0 Å². The molecule has 0 aliphatic carbocycles. The molecule has 3 rings (SSSR count). The van der Waals surface area contributed by atoms with Crippen molar-refractivity contribution < 1.29 is 8.42 Å². The van der Waals surface area contributed by atoms with Crippen molar-refractivity contribution in [2.45, 2.75) is 32.6 Å². The minimum Gasteiger partial charge on any atom is -0.255 e. The Kier molecular flexibility index (Phi) is 3.90. The van der Waals surface area contributed by atoms with E-state index in [1.54, 1.807) is 12.1 Å². The molecule has 4 nitrogen and oxygen atoms in total. The van der Waals surface area contributed by atoms with E-state index in [2.05, 4.69) is 9.71 Å². The fourth-order valence-corrected chi connectivity index (χ4v) is 4.83. The van der Waals surface area contributed by atoms with E-state index in [4.69, 9.17) is 0 Å². The Hall–Kier alpha value is -1.92. The number of nitrogens with zero attached hydrogens (tertiary/aromatic N) is 1. The van der Waals surface area contributed by atoms with Gasteiger partial charge >= 0.3 is 0 Å². The molecule has 120 valence electrons. The summed E-state index contributed by atoms with van der Waals surface area (Å²) in [5.41, 5.74) is 5.05.